The molecular formula is C19H10Cl2F3N3OS. The average Bonchev–Trinajstić information content (AvgIpc) is 3.05. The molecule has 148 valence electrons. The van der Waals surface area contributed by atoms with Gasteiger partial charge in [0, 0.05) is 21.7 Å². The molecule has 0 spiro atoms. The molecule has 0 aliphatic heterocycles. The smallest absolute Gasteiger partial charge is 0.308 e. The molecule has 0 saturated heterocycles. The predicted octanol–water partition coefficient (Wildman–Crippen LogP) is 7.26. The minimum absolute atomic E-state index is 0.0905. The Morgan fingerprint density at radius 1 is 1.07 bits per heavy atom. The van der Waals surface area contributed by atoms with Gasteiger partial charge in [-0.15, -0.1) is 11.3 Å². The third kappa shape index (κ3) is 4.82. The molecule has 4 nitrogen and oxygen atoms in total. The molecule has 0 bridgehead atoms. The summed E-state index contributed by atoms with van der Waals surface area (Å²) in [6, 6.07) is 11.1. The maximum Gasteiger partial charge on any atom is 0.417 e. The Bertz CT molecular complexity index is 1110. The van der Waals surface area contributed by atoms with Crippen molar-refractivity contribution in [2.75, 3.05) is 10.6 Å². The molecule has 0 fully saturated rings. The number of nitrogens with zero attached hydrogens (tertiary/aromatic N) is 1. The fourth-order valence-electron chi connectivity index (χ4n) is 2.49. The van der Waals surface area contributed by atoms with Crippen molar-refractivity contribution in [3.05, 3.63) is 69.0 Å². The molecule has 29 heavy (non-hydrogen) atoms. The molecule has 2 N–H and O–H groups in total. The molecule has 1 aromatic heterocycles. The van der Waals surface area contributed by atoms with Crippen molar-refractivity contribution in [1.29, 1.82) is 5.26 Å². The summed E-state index contributed by atoms with van der Waals surface area (Å²) in [5, 5.41) is 16.3. The third-order valence-corrected chi connectivity index (χ3v) is 5.29. The lowest BCUT2D eigenvalue weighted by molar-refractivity contribution is -0.137. The molecule has 2 amide bonds. The van der Waals surface area contributed by atoms with Gasteiger partial charge >= 0.3 is 12.2 Å². The minimum atomic E-state index is -4.65. The molecule has 2 aromatic carbocycles. The van der Waals surface area contributed by atoms with Crippen LogP contribution in [-0.2, 0) is 6.18 Å². The molecular weight excluding hydrogens is 446 g/mol. The van der Waals surface area contributed by atoms with Crippen molar-refractivity contribution in [3.8, 4) is 17.2 Å². The van der Waals surface area contributed by atoms with Crippen molar-refractivity contribution in [1.82, 2.24) is 0 Å². The van der Waals surface area contributed by atoms with Crippen LogP contribution in [0.2, 0.25) is 10.0 Å². The van der Waals surface area contributed by atoms with Crippen molar-refractivity contribution >= 4 is 51.3 Å². The van der Waals surface area contributed by atoms with Crippen molar-refractivity contribution in [2.24, 2.45) is 0 Å². The number of nitriles is 1. The van der Waals surface area contributed by atoms with Crippen molar-refractivity contribution in [2.45, 2.75) is 6.18 Å². The van der Waals surface area contributed by atoms with Gasteiger partial charge in [0.15, 0.2) is 0 Å². The number of carbonyl (C=O) groups is 1. The molecule has 0 aliphatic rings. The van der Waals surface area contributed by atoms with Crippen LogP contribution in [0.5, 0.6) is 0 Å². The molecule has 0 radical (unpaired) electrons. The van der Waals surface area contributed by atoms with E-state index in [-0.39, 0.29) is 16.3 Å². The first kappa shape index (κ1) is 21.0. The normalized spacial score (nSPS) is 11.0. The Kier molecular flexibility index (Phi) is 6.03. The van der Waals surface area contributed by atoms with Gasteiger partial charge in [0.2, 0.25) is 0 Å². The Hall–Kier alpha value is -2.73. The largest absolute Gasteiger partial charge is 0.417 e. The topological polar surface area (TPSA) is 64.9 Å². The number of thiophene rings is 1. The molecule has 10 heteroatoms. The van der Waals surface area contributed by atoms with E-state index in [0.717, 1.165) is 29.0 Å². The molecule has 1 heterocycles. The summed E-state index contributed by atoms with van der Waals surface area (Å²) in [7, 11) is 0. The highest BCUT2D eigenvalue weighted by Crippen LogP contribution is 2.37. The molecule has 0 atom stereocenters. The van der Waals surface area contributed by atoms with Crippen LogP contribution in [0.1, 0.15) is 11.1 Å². The number of halogens is 5. The third-order valence-electron chi connectivity index (χ3n) is 3.81. The summed E-state index contributed by atoms with van der Waals surface area (Å²) in [6.45, 7) is 0. The quantitative estimate of drug-likeness (QED) is 0.436. The first-order chi connectivity index (χ1) is 13.7. The summed E-state index contributed by atoms with van der Waals surface area (Å²) in [6.07, 6.45) is -4.65. The second-order valence-corrected chi connectivity index (χ2v) is 7.47. The van der Waals surface area contributed by atoms with Gasteiger partial charge in [-0.2, -0.15) is 18.4 Å². The number of carbonyl (C=O) groups excluding carboxylic acids is 1. The van der Waals surface area contributed by atoms with E-state index in [1.54, 1.807) is 29.6 Å². The van der Waals surface area contributed by atoms with Gasteiger partial charge in [-0.3, -0.25) is 5.32 Å². The fourth-order valence-corrected chi connectivity index (χ4v) is 3.75. The zero-order valence-electron chi connectivity index (χ0n) is 14.3. The lowest BCUT2D eigenvalue weighted by Crippen LogP contribution is -2.19. The number of hydrogen-bond donors (Lipinski definition) is 2. The van der Waals surface area contributed by atoms with E-state index in [2.05, 4.69) is 10.6 Å². The highest BCUT2D eigenvalue weighted by Gasteiger charge is 2.33. The van der Waals surface area contributed by atoms with E-state index in [1.165, 1.54) is 6.07 Å². The fraction of sp³-hybridized carbons (Fsp3) is 0.0526. The number of anilines is 2. The highest BCUT2D eigenvalue weighted by molar-refractivity contribution is 7.15. The number of hydrogen-bond acceptors (Lipinski definition) is 3. The summed E-state index contributed by atoms with van der Waals surface area (Å²) in [4.78, 5) is 12.2. The van der Waals surface area contributed by atoms with Gasteiger partial charge < -0.3 is 5.32 Å². The SMILES string of the molecule is N#Cc1c(-c2ccc(Cl)cc2)csc1NC(=O)Nc1ccc(Cl)c(C(F)(F)F)c1. The molecule has 0 unspecified atom stereocenters. The van der Waals surface area contributed by atoms with Gasteiger partial charge in [-0.25, -0.2) is 4.79 Å². The van der Waals surface area contributed by atoms with E-state index >= 15 is 0 Å². The van der Waals surface area contributed by atoms with Crippen LogP contribution in [0.15, 0.2) is 47.8 Å². The minimum Gasteiger partial charge on any atom is -0.308 e. The summed E-state index contributed by atoms with van der Waals surface area (Å²) < 4.78 is 38.8. The van der Waals surface area contributed by atoms with Gasteiger partial charge in [0.05, 0.1) is 16.1 Å². The van der Waals surface area contributed by atoms with Gasteiger partial charge in [-0.1, -0.05) is 35.3 Å². The van der Waals surface area contributed by atoms with E-state index in [9.17, 15) is 23.2 Å². The van der Waals surface area contributed by atoms with Gasteiger partial charge in [0.25, 0.3) is 0 Å². The maximum atomic E-state index is 12.9. The molecule has 0 aliphatic carbocycles. The average molecular weight is 456 g/mol. The van der Waals surface area contributed by atoms with Gasteiger partial charge in [0.1, 0.15) is 11.1 Å². The number of amides is 2. The standard InChI is InChI=1S/C19H10Cl2F3N3OS/c20-11-3-1-10(2-4-11)14-9-29-17(13(14)8-25)27-18(28)26-12-5-6-16(21)15(7-12)19(22,23)24/h1-7,9H,(H2,26,27,28). The monoisotopic (exact) mass is 455 g/mol. The highest BCUT2D eigenvalue weighted by atomic mass is 35.5. The van der Waals surface area contributed by atoms with Crippen LogP contribution in [0, 0.1) is 11.3 Å². The number of nitrogens with one attached hydrogen (secondary N) is 2. The zero-order chi connectivity index (χ0) is 21.2. The van der Waals surface area contributed by atoms with E-state index in [4.69, 9.17) is 23.2 Å². The van der Waals surface area contributed by atoms with Crippen LogP contribution < -0.4 is 10.6 Å². The van der Waals surface area contributed by atoms with Gasteiger partial charge in [-0.05, 0) is 35.9 Å². The zero-order valence-corrected chi connectivity index (χ0v) is 16.6. The van der Waals surface area contributed by atoms with Crippen molar-refractivity contribution in [3.63, 3.8) is 0 Å². The summed E-state index contributed by atoms with van der Waals surface area (Å²) in [5.41, 5.74) is 0.432. The summed E-state index contributed by atoms with van der Waals surface area (Å²) in [5.74, 6) is 0. The second-order valence-electron chi connectivity index (χ2n) is 5.74. The van der Waals surface area contributed by atoms with Crippen LogP contribution in [0.25, 0.3) is 11.1 Å². The number of benzene rings is 2. The number of urea groups is 1. The number of rotatable bonds is 3. The van der Waals surface area contributed by atoms with Crippen LogP contribution >= 0.6 is 34.5 Å². The maximum absolute atomic E-state index is 12.9. The Labute approximate surface area is 177 Å². The van der Waals surface area contributed by atoms with Crippen LogP contribution in [0.3, 0.4) is 0 Å². The Balaban J connectivity index is 1.80. The first-order valence-corrected chi connectivity index (χ1v) is 9.55. The second kappa shape index (κ2) is 8.33. The molecule has 0 saturated carbocycles. The Morgan fingerprint density at radius 2 is 1.76 bits per heavy atom. The van der Waals surface area contributed by atoms with Crippen molar-refractivity contribution < 1.29 is 18.0 Å². The lowest BCUT2D eigenvalue weighted by Gasteiger charge is -2.12. The van der Waals surface area contributed by atoms with Crippen LogP contribution in [-0.4, -0.2) is 6.03 Å². The van der Waals surface area contributed by atoms with E-state index in [0.29, 0.717) is 10.6 Å². The number of alkyl halides is 3. The van der Waals surface area contributed by atoms with E-state index in [1.807, 2.05) is 6.07 Å². The molecule has 3 aromatic rings. The lowest BCUT2D eigenvalue weighted by atomic mass is 10.1. The predicted molar refractivity (Wildman–Crippen MR) is 109 cm³/mol. The van der Waals surface area contributed by atoms with E-state index < -0.39 is 22.8 Å². The molecule has 3 rings (SSSR count). The first-order valence-electron chi connectivity index (χ1n) is 7.91. The van der Waals surface area contributed by atoms with Crippen LogP contribution in [0.4, 0.5) is 28.7 Å². The Morgan fingerprint density at radius 3 is 2.38 bits per heavy atom. The summed E-state index contributed by atoms with van der Waals surface area (Å²) >= 11 is 12.6.